The zero-order valence-electron chi connectivity index (χ0n) is 5.51. The van der Waals surface area contributed by atoms with Crippen LogP contribution in [0.1, 0.15) is 12.8 Å². The smallest absolute Gasteiger partial charge is 0.0708 e. The molecule has 52 valence electrons. The number of hydrogen-bond donors (Lipinski definition) is 2. The lowest BCUT2D eigenvalue weighted by Crippen LogP contribution is -2.29. The summed E-state index contributed by atoms with van der Waals surface area (Å²) in [7, 11) is 0. The molecule has 0 bridgehead atoms. The average Bonchev–Trinajstić information content (AvgIpc) is 2.18. The van der Waals surface area contributed by atoms with Crippen molar-refractivity contribution in [3.05, 3.63) is 12.7 Å². The van der Waals surface area contributed by atoms with E-state index in [0.29, 0.717) is 0 Å². The van der Waals surface area contributed by atoms with Gasteiger partial charge in [0, 0.05) is 6.04 Å². The molecule has 0 aromatic rings. The molecule has 0 radical (unpaired) electrons. The monoisotopic (exact) mass is 127 g/mol. The molecule has 0 aromatic carbocycles. The van der Waals surface area contributed by atoms with Crippen molar-refractivity contribution in [3.63, 3.8) is 0 Å². The molecule has 0 aliphatic carbocycles. The van der Waals surface area contributed by atoms with Crippen LogP contribution in [0.5, 0.6) is 0 Å². The van der Waals surface area contributed by atoms with E-state index in [4.69, 9.17) is 0 Å². The minimum absolute atomic E-state index is 0.150. The zero-order valence-corrected chi connectivity index (χ0v) is 5.51. The van der Waals surface area contributed by atoms with E-state index in [1.807, 2.05) is 6.08 Å². The second-order valence-electron chi connectivity index (χ2n) is 2.44. The summed E-state index contributed by atoms with van der Waals surface area (Å²) in [5, 5.41) is 12.4. The van der Waals surface area contributed by atoms with Crippen molar-refractivity contribution >= 4 is 0 Å². The van der Waals surface area contributed by atoms with Crippen LogP contribution in [0.2, 0.25) is 0 Å². The molecule has 2 heteroatoms. The summed E-state index contributed by atoms with van der Waals surface area (Å²) in [4.78, 5) is 0. The zero-order chi connectivity index (χ0) is 6.69. The van der Waals surface area contributed by atoms with Crippen LogP contribution in [0, 0.1) is 0 Å². The topological polar surface area (TPSA) is 32.3 Å². The lowest BCUT2D eigenvalue weighted by atomic mass is 10.1. The molecule has 1 rings (SSSR count). The Bertz CT molecular complexity index is 103. The number of nitrogens with one attached hydrogen (secondary N) is 1. The summed E-state index contributed by atoms with van der Waals surface area (Å²) >= 11 is 0. The summed E-state index contributed by atoms with van der Waals surface area (Å²) in [6.07, 6.45) is 3.45. The Balaban J connectivity index is 2.30. The molecular formula is C7H13NO. The van der Waals surface area contributed by atoms with Gasteiger partial charge in [-0.25, -0.2) is 0 Å². The van der Waals surface area contributed by atoms with Crippen LogP contribution in [0.4, 0.5) is 0 Å². The molecule has 2 N–H and O–H groups in total. The van der Waals surface area contributed by atoms with Crippen LogP contribution in [-0.4, -0.2) is 23.8 Å². The average molecular weight is 127 g/mol. The van der Waals surface area contributed by atoms with Crippen molar-refractivity contribution in [2.75, 3.05) is 6.54 Å². The largest absolute Gasteiger partial charge is 0.391 e. The Morgan fingerprint density at radius 1 is 1.78 bits per heavy atom. The number of aliphatic hydroxyl groups excluding tert-OH is 1. The summed E-state index contributed by atoms with van der Waals surface area (Å²) in [6, 6.07) is 0.266. The van der Waals surface area contributed by atoms with E-state index >= 15 is 0 Å². The second kappa shape index (κ2) is 2.99. The molecule has 2 unspecified atom stereocenters. The highest BCUT2D eigenvalue weighted by Crippen LogP contribution is 2.09. The molecule has 0 amide bonds. The first-order valence-corrected chi connectivity index (χ1v) is 3.37. The molecule has 0 aromatic heterocycles. The highest BCUT2D eigenvalue weighted by Gasteiger charge is 2.22. The van der Waals surface area contributed by atoms with Gasteiger partial charge in [-0.05, 0) is 19.4 Å². The van der Waals surface area contributed by atoms with Gasteiger partial charge in [-0.3, -0.25) is 0 Å². The van der Waals surface area contributed by atoms with Crippen LogP contribution >= 0.6 is 0 Å². The van der Waals surface area contributed by atoms with Gasteiger partial charge in [0.05, 0.1) is 6.10 Å². The van der Waals surface area contributed by atoms with Crippen molar-refractivity contribution < 1.29 is 5.11 Å². The molecular weight excluding hydrogens is 114 g/mol. The third kappa shape index (κ3) is 1.53. The minimum atomic E-state index is -0.150. The van der Waals surface area contributed by atoms with E-state index in [2.05, 4.69) is 11.9 Å². The van der Waals surface area contributed by atoms with Gasteiger partial charge in [0.15, 0.2) is 0 Å². The third-order valence-corrected chi connectivity index (χ3v) is 1.73. The summed E-state index contributed by atoms with van der Waals surface area (Å²) in [5.41, 5.74) is 0. The molecule has 1 aliphatic heterocycles. The van der Waals surface area contributed by atoms with Crippen LogP contribution in [0.15, 0.2) is 12.7 Å². The van der Waals surface area contributed by atoms with Crippen molar-refractivity contribution in [1.82, 2.24) is 5.32 Å². The predicted octanol–water partition coefficient (Wildman–Crippen LogP) is 0.285. The summed E-state index contributed by atoms with van der Waals surface area (Å²) < 4.78 is 0. The highest BCUT2D eigenvalue weighted by atomic mass is 16.3. The Hall–Kier alpha value is -0.340. The Morgan fingerprint density at radius 3 is 3.00 bits per heavy atom. The quantitative estimate of drug-likeness (QED) is 0.522. The first kappa shape index (κ1) is 6.78. The van der Waals surface area contributed by atoms with E-state index in [1.54, 1.807) is 0 Å². The van der Waals surface area contributed by atoms with E-state index < -0.39 is 0 Å². The fourth-order valence-electron chi connectivity index (χ4n) is 1.17. The molecule has 0 spiro atoms. The van der Waals surface area contributed by atoms with Gasteiger partial charge in [-0.1, -0.05) is 6.08 Å². The fraction of sp³-hybridized carbons (Fsp3) is 0.714. The van der Waals surface area contributed by atoms with Gasteiger partial charge < -0.3 is 10.4 Å². The van der Waals surface area contributed by atoms with Crippen LogP contribution in [0.3, 0.4) is 0 Å². The van der Waals surface area contributed by atoms with Crippen molar-refractivity contribution in [2.45, 2.75) is 25.0 Å². The van der Waals surface area contributed by atoms with Crippen LogP contribution < -0.4 is 5.32 Å². The number of rotatable bonds is 2. The Labute approximate surface area is 55.6 Å². The SMILES string of the molecule is C=CCC1NCCC1O. The fourth-order valence-corrected chi connectivity index (χ4v) is 1.17. The van der Waals surface area contributed by atoms with Crippen LogP contribution in [0.25, 0.3) is 0 Å². The van der Waals surface area contributed by atoms with Crippen LogP contribution in [-0.2, 0) is 0 Å². The molecule has 2 atom stereocenters. The first-order chi connectivity index (χ1) is 4.34. The summed E-state index contributed by atoms with van der Waals surface area (Å²) in [5.74, 6) is 0. The second-order valence-corrected chi connectivity index (χ2v) is 2.44. The van der Waals surface area contributed by atoms with E-state index in [1.165, 1.54) is 0 Å². The highest BCUT2D eigenvalue weighted by molar-refractivity contribution is 4.88. The number of aliphatic hydroxyl groups is 1. The standard InChI is InChI=1S/C7H13NO/c1-2-3-6-7(9)4-5-8-6/h2,6-9H,1,3-5H2. The minimum Gasteiger partial charge on any atom is -0.391 e. The van der Waals surface area contributed by atoms with Gasteiger partial charge >= 0.3 is 0 Å². The lowest BCUT2D eigenvalue weighted by molar-refractivity contribution is 0.160. The molecule has 1 saturated heterocycles. The summed E-state index contributed by atoms with van der Waals surface area (Å²) in [6.45, 7) is 4.55. The maximum Gasteiger partial charge on any atom is 0.0708 e. The van der Waals surface area contributed by atoms with E-state index in [9.17, 15) is 5.11 Å². The van der Waals surface area contributed by atoms with Gasteiger partial charge in [0.2, 0.25) is 0 Å². The molecule has 1 heterocycles. The van der Waals surface area contributed by atoms with Crippen molar-refractivity contribution in [1.29, 1.82) is 0 Å². The van der Waals surface area contributed by atoms with E-state index in [-0.39, 0.29) is 12.1 Å². The Kier molecular flexibility index (Phi) is 2.25. The predicted molar refractivity (Wildman–Crippen MR) is 37.2 cm³/mol. The molecule has 2 nitrogen and oxygen atoms in total. The maximum absolute atomic E-state index is 9.21. The number of hydrogen-bond acceptors (Lipinski definition) is 2. The van der Waals surface area contributed by atoms with Gasteiger partial charge in [0.25, 0.3) is 0 Å². The van der Waals surface area contributed by atoms with Gasteiger partial charge in [0.1, 0.15) is 0 Å². The first-order valence-electron chi connectivity index (χ1n) is 3.37. The van der Waals surface area contributed by atoms with Crippen molar-refractivity contribution in [2.24, 2.45) is 0 Å². The van der Waals surface area contributed by atoms with Crippen molar-refractivity contribution in [3.8, 4) is 0 Å². The molecule has 9 heavy (non-hydrogen) atoms. The maximum atomic E-state index is 9.21. The molecule has 0 saturated carbocycles. The Morgan fingerprint density at radius 2 is 2.56 bits per heavy atom. The lowest BCUT2D eigenvalue weighted by Gasteiger charge is -2.10. The normalized spacial score (nSPS) is 34.8. The van der Waals surface area contributed by atoms with Gasteiger partial charge in [-0.15, -0.1) is 6.58 Å². The third-order valence-electron chi connectivity index (χ3n) is 1.73. The van der Waals surface area contributed by atoms with Gasteiger partial charge in [-0.2, -0.15) is 0 Å². The molecule has 1 aliphatic rings. The van der Waals surface area contributed by atoms with E-state index in [0.717, 1.165) is 19.4 Å². The molecule has 1 fully saturated rings.